The van der Waals surface area contributed by atoms with E-state index in [2.05, 4.69) is 10.2 Å². The average molecular weight is 626 g/mol. The molecule has 1 aliphatic carbocycles. The van der Waals surface area contributed by atoms with Gasteiger partial charge in [0.25, 0.3) is 0 Å². The van der Waals surface area contributed by atoms with Crippen LogP contribution >= 0.6 is 0 Å². The van der Waals surface area contributed by atoms with Gasteiger partial charge in [-0.1, -0.05) is 0 Å². The van der Waals surface area contributed by atoms with Gasteiger partial charge in [-0.25, -0.2) is 9.59 Å². The molecule has 12 heteroatoms. The third-order valence-corrected chi connectivity index (χ3v) is 9.64. The molecular weight excluding hydrogens is 578 g/mol. The van der Waals surface area contributed by atoms with Crippen LogP contribution in [0.5, 0.6) is 0 Å². The van der Waals surface area contributed by atoms with Gasteiger partial charge >= 0.3 is 11.8 Å². The predicted molar refractivity (Wildman–Crippen MR) is 168 cm³/mol. The number of hydrogen-bond donors (Lipinski definition) is 1. The van der Waals surface area contributed by atoms with Gasteiger partial charge in [0.1, 0.15) is 11.6 Å². The van der Waals surface area contributed by atoms with Gasteiger partial charge in [0, 0.05) is 51.9 Å². The van der Waals surface area contributed by atoms with E-state index in [0.29, 0.717) is 30.9 Å². The van der Waals surface area contributed by atoms with Crippen molar-refractivity contribution in [2.24, 2.45) is 13.0 Å². The summed E-state index contributed by atoms with van der Waals surface area (Å²) in [6, 6.07) is 5.27. The lowest BCUT2D eigenvalue weighted by Crippen LogP contribution is -2.45. The molecule has 1 N–H and O–H groups in total. The normalized spacial score (nSPS) is 25.4. The molecule has 1 unspecified atom stereocenters. The highest BCUT2D eigenvalue weighted by molar-refractivity contribution is 6.00. The van der Waals surface area contributed by atoms with Gasteiger partial charge in [-0.15, -0.1) is 0 Å². The first kappa shape index (κ1) is 31.6. The Kier molecular flexibility index (Phi) is 8.98. The minimum absolute atomic E-state index is 0.206. The van der Waals surface area contributed by atoms with Crippen molar-refractivity contribution in [3.63, 3.8) is 0 Å². The number of fused-ring (bicyclic) bond motifs is 1. The van der Waals surface area contributed by atoms with Gasteiger partial charge < -0.3 is 24.0 Å². The van der Waals surface area contributed by atoms with E-state index < -0.39 is 17.6 Å². The Bertz CT molecular complexity index is 1470. The number of amides is 3. The van der Waals surface area contributed by atoms with Crippen LogP contribution in [-0.2, 0) is 30.8 Å². The number of anilines is 1. The Morgan fingerprint density at radius 3 is 2.27 bits per heavy atom. The first-order valence-corrected chi connectivity index (χ1v) is 16.5. The highest BCUT2D eigenvalue weighted by Crippen LogP contribution is 2.34. The summed E-state index contributed by atoms with van der Waals surface area (Å²) in [5, 5.41) is 2.36. The number of benzene rings is 1. The van der Waals surface area contributed by atoms with Crippen LogP contribution < -0.4 is 15.9 Å². The van der Waals surface area contributed by atoms with Crippen LogP contribution in [0.3, 0.4) is 0 Å². The van der Waals surface area contributed by atoms with Crippen LogP contribution in [0.1, 0.15) is 78.2 Å². The lowest BCUT2D eigenvalue weighted by atomic mass is 9.82. The lowest BCUT2D eigenvalue weighted by Gasteiger charge is -2.41. The molecule has 0 radical (unpaired) electrons. The maximum Gasteiger partial charge on any atom is 0.410 e. The Balaban J connectivity index is 0.923. The Labute approximate surface area is 263 Å². The molecule has 2 aromatic rings. The van der Waals surface area contributed by atoms with Crippen LogP contribution in [0, 0.1) is 5.92 Å². The van der Waals surface area contributed by atoms with Gasteiger partial charge in [-0.05, 0) is 89.8 Å². The number of carbonyl (C=O) groups is 3. The minimum Gasteiger partial charge on any atom is -0.444 e. The summed E-state index contributed by atoms with van der Waals surface area (Å²) < 4.78 is 21.3. The van der Waals surface area contributed by atoms with E-state index in [9.17, 15) is 19.2 Å². The fourth-order valence-corrected chi connectivity index (χ4v) is 7.03. The Hall–Kier alpha value is -3.38. The number of piperidine rings is 3. The quantitative estimate of drug-likeness (QED) is 0.464. The van der Waals surface area contributed by atoms with Crippen molar-refractivity contribution >= 4 is 34.6 Å². The summed E-state index contributed by atoms with van der Waals surface area (Å²) in [5.41, 5.74) is 1.80. The van der Waals surface area contributed by atoms with E-state index in [-0.39, 0.29) is 42.4 Å². The number of nitrogens with one attached hydrogen (secondary N) is 1. The van der Waals surface area contributed by atoms with Crippen molar-refractivity contribution in [2.45, 2.75) is 102 Å². The number of nitrogens with zero attached hydrogens (tertiary/aromatic N) is 4. The number of hydrogen-bond acceptors (Lipinski definition) is 8. The maximum absolute atomic E-state index is 13.1. The molecule has 4 fully saturated rings. The van der Waals surface area contributed by atoms with E-state index in [4.69, 9.17) is 14.2 Å². The van der Waals surface area contributed by atoms with E-state index in [1.165, 1.54) is 4.57 Å². The van der Waals surface area contributed by atoms with Gasteiger partial charge in [0.15, 0.2) is 0 Å². The standard InChI is InChI=1S/C33H47N5O7/c1-33(2,3)45-32(42)37-15-11-24(12-16-37)44-25-17-21(18-25)20-43-23-9-13-36(14-10-23)22-5-6-26-28(19-22)35(4)31(41)38(26)27-7-8-29(39)34-30(27)40/h5-6,19,21,23-25,27H,7-18,20H2,1-4H3,(H,34,39,40). The summed E-state index contributed by atoms with van der Waals surface area (Å²) in [5.74, 6) is -0.183. The zero-order chi connectivity index (χ0) is 31.9. The molecule has 12 nitrogen and oxygen atoms in total. The first-order valence-electron chi connectivity index (χ1n) is 16.5. The molecule has 4 heterocycles. The number of imidazole rings is 1. The number of ether oxygens (including phenoxy) is 3. The van der Waals surface area contributed by atoms with Gasteiger partial charge in [0.05, 0.1) is 29.3 Å². The van der Waals surface area contributed by atoms with Crippen LogP contribution in [0.25, 0.3) is 11.0 Å². The fourth-order valence-electron chi connectivity index (χ4n) is 7.03. The summed E-state index contributed by atoms with van der Waals surface area (Å²) in [6.45, 7) is 9.54. The topological polar surface area (TPSA) is 124 Å². The summed E-state index contributed by atoms with van der Waals surface area (Å²) >= 11 is 0. The first-order chi connectivity index (χ1) is 21.4. The zero-order valence-electron chi connectivity index (χ0n) is 27.0. The molecule has 4 aliphatic rings. The third kappa shape index (κ3) is 7.06. The molecule has 1 atom stereocenters. The number of aryl methyl sites for hydroxylation is 1. The van der Waals surface area contributed by atoms with Crippen LogP contribution in [-0.4, -0.2) is 88.6 Å². The Morgan fingerprint density at radius 2 is 1.60 bits per heavy atom. The molecule has 3 aliphatic heterocycles. The van der Waals surface area contributed by atoms with E-state index >= 15 is 0 Å². The number of carbonyl (C=O) groups excluding carboxylic acids is 3. The van der Waals surface area contributed by atoms with Gasteiger partial charge in [-0.3, -0.25) is 24.0 Å². The van der Waals surface area contributed by atoms with Crippen LogP contribution in [0.15, 0.2) is 23.0 Å². The van der Waals surface area contributed by atoms with Crippen molar-refractivity contribution in [2.75, 3.05) is 37.7 Å². The molecule has 0 spiro atoms. The Morgan fingerprint density at radius 1 is 0.911 bits per heavy atom. The third-order valence-electron chi connectivity index (χ3n) is 9.64. The lowest BCUT2D eigenvalue weighted by molar-refractivity contribution is -0.135. The van der Waals surface area contributed by atoms with Crippen LogP contribution in [0.4, 0.5) is 10.5 Å². The molecule has 246 valence electrons. The maximum atomic E-state index is 13.1. The predicted octanol–water partition coefficient (Wildman–Crippen LogP) is 3.50. The molecular formula is C33H47N5O7. The number of imide groups is 1. The molecule has 3 amide bonds. The molecule has 0 bridgehead atoms. The van der Waals surface area contributed by atoms with Crippen LogP contribution in [0.2, 0.25) is 0 Å². The SMILES string of the molecule is Cn1c(=O)n(C2CCC(=O)NC2=O)c2ccc(N3CCC(OCC4CC(OC5CCN(C(=O)OC(C)(C)C)CC5)C4)CC3)cc21. The second-order valence-corrected chi connectivity index (χ2v) is 14.1. The second kappa shape index (κ2) is 12.8. The fraction of sp³-hybridized carbons (Fsp3) is 0.697. The largest absolute Gasteiger partial charge is 0.444 e. The highest BCUT2D eigenvalue weighted by Gasteiger charge is 2.35. The average Bonchev–Trinajstić information content (AvgIpc) is 3.22. The van der Waals surface area contributed by atoms with Crippen molar-refractivity contribution in [1.82, 2.24) is 19.4 Å². The molecule has 1 aromatic heterocycles. The van der Waals surface area contributed by atoms with Crippen molar-refractivity contribution in [3.8, 4) is 0 Å². The number of rotatable bonds is 7. The van der Waals surface area contributed by atoms with Crippen molar-refractivity contribution < 1.29 is 28.6 Å². The summed E-state index contributed by atoms with van der Waals surface area (Å²) in [4.78, 5) is 53.6. The molecule has 6 rings (SSSR count). The molecule has 45 heavy (non-hydrogen) atoms. The van der Waals surface area contributed by atoms with Crippen molar-refractivity contribution in [1.29, 1.82) is 0 Å². The van der Waals surface area contributed by atoms with Crippen molar-refractivity contribution in [3.05, 3.63) is 28.7 Å². The van der Waals surface area contributed by atoms with E-state index in [0.717, 1.165) is 69.4 Å². The second-order valence-electron chi connectivity index (χ2n) is 14.1. The summed E-state index contributed by atoms with van der Waals surface area (Å²) in [6.07, 6.45) is 6.69. The number of aromatic nitrogens is 2. The van der Waals surface area contributed by atoms with E-state index in [1.807, 2.05) is 39.0 Å². The molecule has 1 saturated carbocycles. The zero-order valence-corrected chi connectivity index (χ0v) is 27.0. The number of likely N-dealkylation sites (tertiary alicyclic amines) is 1. The highest BCUT2D eigenvalue weighted by atomic mass is 16.6. The molecule has 3 saturated heterocycles. The monoisotopic (exact) mass is 625 g/mol. The van der Waals surface area contributed by atoms with Gasteiger partial charge in [0.2, 0.25) is 11.8 Å². The molecule has 1 aromatic carbocycles. The van der Waals surface area contributed by atoms with Gasteiger partial charge in [-0.2, -0.15) is 0 Å². The smallest absolute Gasteiger partial charge is 0.410 e. The van der Waals surface area contributed by atoms with E-state index in [1.54, 1.807) is 16.5 Å². The minimum atomic E-state index is -0.681. The summed E-state index contributed by atoms with van der Waals surface area (Å²) in [7, 11) is 1.72.